The monoisotopic (exact) mass is 135 g/mol. The summed E-state index contributed by atoms with van der Waals surface area (Å²) < 4.78 is 0. The molecule has 10 heavy (non-hydrogen) atoms. The normalized spacial score (nSPS) is 30.1. The van der Waals surface area contributed by atoms with E-state index in [0.717, 1.165) is 0 Å². The van der Waals surface area contributed by atoms with E-state index < -0.39 is 0 Å². The van der Waals surface area contributed by atoms with Crippen LogP contribution in [-0.2, 0) is 0 Å². The van der Waals surface area contributed by atoms with Gasteiger partial charge in [0.05, 0.1) is 6.04 Å². The first-order valence-corrected chi connectivity index (χ1v) is 3.56. The van der Waals surface area contributed by atoms with E-state index in [1.807, 2.05) is 0 Å². The molecule has 0 amide bonds. The average Bonchev–Trinajstić information content (AvgIpc) is 1.94. The summed E-state index contributed by atoms with van der Waals surface area (Å²) in [4.78, 5) is 0. The fraction of sp³-hybridized carbons (Fsp3) is 0.333. The van der Waals surface area contributed by atoms with Crippen LogP contribution in [0.25, 0.3) is 0 Å². The van der Waals surface area contributed by atoms with Crippen LogP contribution in [0.5, 0.6) is 0 Å². The van der Waals surface area contributed by atoms with Gasteiger partial charge in [-0.1, -0.05) is 37.8 Å². The highest BCUT2D eigenvalue weighted by Crippen LogP contribution is 2.10. The molecule has 1 rings (SSSR count). The molecule has 0 fully saturated rings. The zero-order valence-corrected chi connectivity index (χ0v) is 6.25. The number of allylic oxidation sites excluding steroid dienone is 2. The molecule has 0 aromatic heterocycles. The maximum absolute atomic E-state index is 3.62. The van der Waals surface area contributed by atoms with Crippen molar-refractivity contribution in [3.8, 4) is 0 Å². The fourth-order valence-corrected chi connectivity index (χ4v) is 1.06. The summed E-state index contributed by atoms with van der Waals surface area (Å²) in [6, 6.07) is 0.433. The van der Waals surface area contributed by atoms with Crippen molar-refractivity contribution in [2.75, 3.05) is 0 Å². The lowest BCUT2D eigenvalue weighted by Gasteiger charge is -2.19. The van der Waals surface area contributed by atoms with Crippen molar-refractivity contribution in [3.05, 3.63) is 37.1 Å². The summed E-state index contributed by atoms with van der Waals surface area (Å²) in [6.45, 7) is 5.80. The average molecular weight is 135 g/mol. The third-order valence-electron chi connectivity index (χ3n) is 1.72. The minimum atomic E-state index is 0.433. The number of nitrogens with one attached hydrogen (secondary N) is 1. The molecule has 54 valence electrons. The molecule has 0 radical (unpaired) electrons. The van der Waals surface area contributed by atoms with Crippen LogP contribution in [0.1, 0.15) is 6.92 Å². The van der Waals surface area contributed by atoms with E-state index in [1.54, 1.807) is 6.20 Å². The van der Waals surface area contributed by atoms with Crippen LogP contribution >= 0.6 is 0 Å². The van der Waals surface area contributed by atoms with Crippen molar-refractivity contribution in [1.82, 2.24) is 5.32 Å². The summed E-state index contributed by atoms with van der Waals surface area (Å²) in [5.74, 6) is 0.572. The molecule has 2 unspecified atom stereocenters. The highest BCUT2D eigenvalue weighted by molar-refractivity contribution is 5.16. The number of rotatable bonds is 2. The molecule has 0 heterocycles. The molecular formula is C9H13N. The van der Waals surface area contributed by atoms with Gasteiger partial charge in [0.2, 0.25) is 0 Å². The molecule has 1 N–H and O–H groups in total. The van der Waals surface area contributed by atoms with Crippen molar-refractivity contribution in [2.45, 2.75) is 13.0 Å². The van der Waals surface area contributed by atoms with Crippen LogP contribution in [0.15, 0.2) is 37.1 Å². The summed E-state index contributed by atoms with van der Waals surface area (Å²) in [6.07, 6.45) is 10.2. The third-order valence-corrected chi connectivity index (χ3v) is 1.72. The quantitative estimate of drug-likeness (QED) is 0.609. The lowest BCUT2D eigenvalue weighted by Crippen LogP contribution is -2.28. The zero-order valence-electron chi connectivity index (χ0n) is 6.25. The number of hydrogen-bond donors (Lipinski definition) is 1. The predicted molar refractivity (Wildman–Crippen MR) is 44.6 cm³/mol. The Morgan fingerprint density at radius 1 is 1.40 bits per heavy atom. The SMILES string of the molecule is C=CNC1C=CC=CC1C. The van der Waals surface area contributed by atoms with Crippen LogP contribution in [-0.4, -0.2) is 6.04 Å². The Morgan fingerprint density at radius 3 is 2.70 bits per heavy atom. The van der Waals surface area contributed by atoms with Gasteiger partial charge in [0.15, 0.2) is 0 Å². The van der Waals surface area contributed by atoms with Gasteiger partial charge in [-0.25, -0.2) is 0 Å². The molecule has 0 saturated heterocycles. The third kappa shape index (κ3) is 1.50. The Balaban J connectivity index is 2.52. The lowest BCUT2D eigenvalue weighted by molar-refractivity contribution is 0.558. The van der Waals surface area contributed by atoms with Crippen LogP contribution < -0.4 is 5.32 Å². The van der Waals surface area contributed by atoms with Crippen molar-refractivity contribution in [1.29, 1.82) is 0 Å². The molecule has 0 aliphatic heterocycles. The first-order chi connectivity index (χ1) is 4.84. The van der Waals surface area contributed by atoms with E-state index in [0.29, 0.717) is 12.0 Å². The minimum Gasteiger partial charge on any atom is -0.385 e. The second-order valence-corrected chi connectivity index (χ2v) is 2.53. The Morgan fingerprint density at radius 2 is 2.10 bits per heavy atom. The molecule has 1 heteroatoms. The van der Waals surface area contributed by atoms with Gasteiger partial charge in [-0.15, -0.1) is 0 Å². The Labute approximate surface area is 62.1 Å². The van der Waals surface area contributed by atoms with Gasteiger partial charge < -0.3 is 5.32 Å². The first-order valence-electron chi connectivity index (χ1n) is 3.56. The van der Waals surface area contributed by atoms with E-state index >= 15 is 0 Å². The van der Waals surface area contributed by atoms with Crippen molar-refractivity contribution < 1.29 is 0 Å². The molecule has 1 nitrogen and oxygen atoms in total. The van der Waals surface area contributed by atoms with Gasteiger partial charge in [-0.2, -0.15) is 0 Å². The molecule has 0 saturated carbocycles. The summed E-state index contributed by atoms with van der Waals surface area (Å²) >= 11 is 0. The largest absolute Gasteiger partial charge is 0.385 e. The molecule has 0 aromatic carbocycles. The topological polar surface area (TPSA) is 12.0 Å². The van der Waals surface area contributed by atoms with Crippen molar-refractivity contribution in [2.24, 2.45) is 5.92 Å². The summed E-state index contributed by atoms with van der Waals surface area (Å²) in [5, 5.41) is 3.16. The molecule has 2 atom stereocenters. The first kappa shape index (κ1) is 7.13. The zero-order chi connectivity index (χ0) is 7.40. The van der Waals surface area contributed by atoms with Gasteiger partial charge >= 0.3 is 0 Å². The summed E-state index contributed by atoms with van der Waals surface area (Å²) in [7, 11) is 0. The van der Waals surface area contributed by atoms with E-state index in [4.69, 9.17) is 0 Å². The molecule has 1 aliphatic carbocycles. The van der Waals surface area contributed by atoms with E-state index in [1.165, 1.54) is 0 Å². The fourth-order valence-electron chi connectivity index (χ4n) is 1.06. The predicted octanol–water partition coefficient (Wildman–Crippen LogP) is 1.85. The van der Waals surface area contributed by atoms with Gasteiger partial charge in [0.1, 0.15) is 0 Å². The van der Waals surface area contributed by atoms with E-state index in [2.05, 4.69) is 43.1 Å². The maximum Gasteiger partial charge on any atom is 0.0501 e. The van der Waals surface area contributed by atoms with Gasteiger partial charge in [-0.05, 0) is 12.1 Å². The number of hydrogen-bond acceptors (Lipinski definition) is 1. The van der Waals surface area contributed by atoms with Crippen LogP contribution in [0.4, 0.5) is 0 Å². The smallest absolute Gasteiger partial charge is 0.0501 e. The van der Waals surface area contributed by atoms with Gasteiger partial charge in [0.25, 0.3) is 0 Å². The van der Waals surface area contributed by atoms with Crippen molar-refractivity contribution in [3.63, 3.8) is 0 Å². The Bertz CT molecular complexity index is 168. The molecular weight excluding hydrogens is 122 g/mol. The molecule has 0 bridgehead atoms. The molecule has 0 spiro atoms. The lowest BCUT2D eigenvalue weighted by atomic mass is 9.97. The van der Waals surface area contributed by atoms with Gasteiger partial charge in [0, 0.05) is 0 Å². The van der Waals surface area contributed by atoms with Crippen LogP contribution in [0.3, 0.4) is 0 Å². The van der Waals surface area contributed by atoms with E-state index in [9.17, 15) is 0 Å². The van der Waals surface area contributed by atoms with Gasteiger partial charge in [-0.3, -0.25) is 0 Å². The standard InChI is InChI=1S/C9H13N/c1-3-10-9-7-5-4-6-8(9)2/h3-10H,1H2,2H3. The second kappa shape index (κ2) is 3.25. The van der Waals surface area contributed by atoms with Crippen LogP contribution in [0.2, 0.25) is 0 Å². The molecule has 0 aromatic rings. The highest BCUT2D eigenvalue weighted by atomic mass is 14.9. The second-order valence-electron chi connectivity index (χ2n) is 2.53. The maximum atomic E-state index is 3.62. The minimum absolute atomic E-state index is 0.433. The molecule has 1 aliphatic rings. The highest BCUT2D eigenvalue weighted by Gasteiger charge is 2.10. The van der Waals surface area contributed by atoms with E-state index in [-0.39, 0.29) is 0 Å². The summed E-state index contributed by atoms with van der Waals surface area (Å²) in [5.41, 5.74) is 0. The van der Waals surface area contributed by atoms with Crippen molar-refractivity contribution >= 4 is 0 Å². The Hall–Kier alpha value is -0.980. The van der Waals surface area contributed by atoms with Crippen LogP contribution in [0, 0.1) is 5.92 Å². The Kier molecular flexibility index (Phi) is 2.32.